The second kappa shape index (κ2) is 5.04. The number of H-pyrrole nitrogens is 1. The Labute approximate surface area is 114 Å². The topological polar surface area (TPSA) is 105 Å². The molecule has 0 atom stereocenters. The molecule has 1 aromatic carbocycles. The highest BCUT2D eigenvalue weighted by Crippen LogP contribution is 2.20. The first kappa shape index (κ1) is 13.6. The van der Waals surface area contributed by atoms with Gasteiger partial charge in [0.2, 0.25) is 10.0 Å². The number of para-hydroxylation sites is 1. The highest BCUT2D eigenvalue weighted by atomic mass is 35.5. The molecule has 0 saturated heterocycles. The van der Waals surface area contributed by atoms with Crippen molar-refractivity contribution in [1.29, 1.82) is 0 Å². The van der Waals surface area contributed by atoms with E-state index in [-0.39, 0.29) is 16.3 Å². The first-order valence-corrected chi connectivity index (χ1v) is 7.07. The summed E-state index contributed by atoms with van der Waals surface area (Å²) in [5.41, 5.74) is 0.329. The van der Waals surface area contributed by atoms with Crippen LogP contribution in [0.5, 0.6) is 0 Å². The normalized spacial score (nSPS) is 11.3. The molecule has 0 fully saturated rings. The van der Waals surface area contributed by atoms with Crippen LogP contribution >= 0.6 is 11.6 Å². The lowest BCUT2D eigenvalue weighted by molar-refractivity contribution is 0.102. The largest absolute Gasteiger partial charge is 0.356 e. The van der Waals surface area contributed by atoms with Gasteiger partial charge in [-0.25, -0.2) is 13.6 Å². The maximum atomic E-state index is 11.9. The lowest BCUT2D eigenvalue weighted by Gasteiger charge is -2.08. The molecule has 0 radical (unpaired) electrons. The van der Waals surface area contributed by atoms with E-state index in [0.29, 0.717) is 5.02 Å². The second-order valence-corrected chi connectivity index (χ2v) is 5.69. The van der Waals surface area contributed by atoms with Crippen molar-refractivity contribution < 1.29 is 13.2 Å². The number of primary sulfonamides is 1. The summed E-state index contributed by atoms with van der Waals surface area (Å²) in [6, 6.07) is 7.29. The third-order valence-corrected chi connectivity index (χ3v) is 3.52. The van der Waals surface area contributed by atoms with Crippen molar-refractivity contribution in [3.8, 4) is 0 Å². The molecule has 1 heterocycles. The molecule has 0 spiro atoms. The van der Waals surface area contributed by atoms with Gasteiger partial charge in [-0.2, -0.15) is 0 Å². The number of halogens is 1. The third kappa shape index (κ3) is 3.14. The van der Waals surface area contributed by atoms with Gasteiger partial charge in [0, 0.05) is 6.20 Å². The summed E-state index contributed by atoms with van der Waals surface area (Å²) in [5, 5.41) is 7.91. The van der Waals surface area contributed by atoms with E-state index in [2.05, 4.69) is 10.3 Å². The Kier molecular flexibility index (Phi) is 3.61. The van der Waals surface area contributed by atoms with E-state index < -0.39 is 15.9 Å². The van der Waals surface area contributed by atoms with Gasteiger partial charge in [0.05, 0.1) is 10.7 Å². The Balaban J connectivity index is 2.32. The molecule has 0 bridgehead atoms. The fourth-order valence-electron chi connectivity index (χ4n) is 1.51. The molecule has 1 amide bonds. The van der Waals surface area contributed by atoms with Crippen molar-refractivity contribution in [2.45, 2.75) is 4.90 Å². The first-order valence-electron chi connectivity index (χ1n) is 5.15. The van der Waals surface area contributed by atoms with Crippen LogP contribution in [-0.2, 0) is 10.0 Å². The fraction of sp³-hybridized carbons (Fsp3) is 0. The molecule has 19 heavy (non-hydrogen) atoms. The van der Waals surface area contributed by atoms with Gasteiger partial charge in [-0.3, -0.25) is 4.79 Å². The number of amides is 1. The van der Waals surface area contributed by atoms with Crippen LogP contribution in [0, 0.1) is 0 Å². The molecule has 8 heteroatoms. The average Bonchev–Trinajstić information content (AvgIpc) is 2.75. The number of nitrogens with one attached hydrogen (secondary N) is 2. The van der Waals surface area contributed by atoms with E-state index >= 15 is 0 Å². The molecule has 1 aromatic heterocycles. The summed E-state index contributed by atoms with van der Waals surface area (Å²) >= 11 is 5.68. The maximum absolute atomic E-state index is 11.9. The molecule has 0 saturated carbocycles. The zero-order chi connectivity index (χ0) is 14.0. The van der Waals surface area contributed by atoms with Crippen molar-refractivity contribution in [1.82, 2.24) is 4.98 Å². The molecule has 0 unspecified atom stereocenters. The van der Waals surface area contributed by atoms with Gasteiger partial charge in [0.25, 0.3) is 5.91 Å². The number of sulfonamides is 1. The van der Waals surface area contributed by atoms with Gasteiger partial charge in [-0.1, -0.05) is 23.7 Å². The Morgan fingerprint density at radius 2 is 2.00 bits per heavy atom. The number of benzene rings is 1. The van der Waals surface area contributed by atoms with E-state index in [1.807, 2.05) is 0 Å². The van der Waals surface area contributed by atoms with Crippen LogP contribution < -0.4 is 10.5 Å². The number of rotatable bonds is 3. The van der Waals surface area contributed by atoms with Crippen molar-refractivity contribution in [3.05, 3.63) is 47.2 Å². The van der Waals surface area contributed by atoms with Crippen LogP contribution in [0.2, 0.25) is 5.02 Å². The van der Waals surface area contributed by atoms with E-state index in [9.17, 15) is 13.2 Å². The molecular formula is C11H10ClN3O3S. The third-order valence-electron chi connectivity index (χ3n) is 2.33. The van der Waals surface area contributed by atoms with E-state index in [1.54, 1.807) is 6.07 Å². The van der Waals surface area contributed by atoms with Crippen molar-refractivity contribution in [2.24, 2.45) is 5.14 Å². The van der Waals surface area contributed by atoms with E-state index in [0.717, 1.165) is 0 Å². The van der Waals surface area contributed by atoms with Gasteiger partial charge in [-0.15, -0.1) is 0 Å². The number of aromatic amines is 1. The van der Waals surface area contributed by atoms with E-state index in [4.69, 9.17) is 16.7 Å². The molecule has 100 valence electrons. The van der Waals surface area contributed by atoms with Crippen molar-refractivity contribution in [3.63, 3.8) is 0 Å². The van der Waals surface area contributed by atoms with Crippen molar-refractivity contribution in [2.75, 3.05) is 5.32 Å². The van der Waals surface area contributed by atoms with Gasteiger partial charge in [0.1, 0.15) is 10.6 Å². The van der Waals surface area contributed by atoms with Crippen LogP contribution in [0.15, 0.2) is 41.4 Å². The van der Waals surface area contributed by atoms with Gasteiger partial charge in [0.15, 0.2) is 0 Å². The number of carbonyl (C=O) groups excluding carboxylic acids is 1. The zero-order valence-corrected chi connectivity index (χ0v) is 11.1. The molecule has 0 aliphatic carbocycles. The Hall–Kier alpha value is -1.83. The smallest absolute Gasteiger partial charge is 0.272 e. The molecular weight excluding hydrogens is 290 g/mol. The summed E-state index contributed by atoms with van der Waals surface area (Å²) in [7, 11) is -3.91. The summed E-state index contributed by atoms with van der Waals surface area (Å²) in [5.74, 6) is -0.511. The molecule has 0 aliphatic rings. The highest BCUT2D eigenvalue weighted by molar-refractivity contribution is 7.89. The monoisotopic (exact) mass is 299 g/mol. The standard InChI is InChI=1S/C11H10ClN3O3S/c12-7-5-9(14-6-7)11(16)15-8-3-1-2-4-10(8)19(13,17)18/h1-6,14H,(H,15,16)(H2,13,17,18). The average molecular weight is 300 g/mol. The number of anilines is 1. The number of carbonyl (C=O) groups is 1. The van der Waals surface area contributed by atoms with E-state index in [1.165, 1.54) is 30.5 Å². The quantitative estimate of drug-likeness (QED) is 0.801. The van der Waals surface area contributed by atoms with Crippen molar-refractivity contribution >= 4 is 33.2 Å². The Morgan fingerprint density at radius 1 is 1.32 bits per heavy atom. The lowest BCUT2D eigenvalue weighted by Crippen LogP contribution is -2.18. The summed E-state index contributed by atoms with van der Waals surface area (Å²) in [6.07, 6.45) is 1.45. The second-order valence-electron chi connectivity index (χ2n) is 3.73. The maximum Gasteiger partial charge on any atom is 0.272 e. The van der Waals surface area contributed by atoms with Crippen LogP contribution in [0.1, 0.15) is 10.5 Å². The molecule has 6 nitrogen and oxygen atoms in total. The van der Waals surface area contributed by atoms with Gasteiger partial charge < -0.3 is 10.3 Å². The predicted octanol–water partition coefficient (Wildman–Crippen LogP) is 1.57. The first-order chi connectivity index (χ1) is 8.88. The molecule has 2 rings (SSSR count). The van der Waals surface area contributed by atoms with Gasteiger partial charge >= 0.3 is 0 Å². The number of nitrogens with two attached hydrogens (primary N) is 1. The molecule has 4 N–H and O–H groups in total. The molecule has 0 aliphatic heterocycles. The predicted molar refractivity (Wildman–Crippen MR) is 71.6 cm³/mol. The Morgan fingerprint density at radius 3 is 2.58 bits per heavy atom. The molecule has 2 aromatic rings. The minimum absolute atomic E-state index is 0.112. The van der Waals surface area contributed by atoms with Crippen LogP contribution in [0.3, 0.4) is 0 Å². The SMILES string of the molecule is NS(=O)(=O)c1ccccc1NC(=O)c1cc(Cl)c[nH]1. The Bertz CT molecular complexity index is 724. The zero-order valence-electron chi connectivity index (χ0n) is 9.55. The van der Waals surface area contributed by atoms with Crippen LogP contribution in [0.25, 0.3) is 0 Å². The minimum atomic E-state index is -3.91. The van der Waals surface area contributed by atoms with Gasteiger partial charge in [-0.05, 0) is 18.2 Å². The highest BCUT2D eigenvalue weighted by Gasteiger charge is 2.16. The van der Waals surface area contributed by atoms with Crippen LogP contribution in [-0.4, -0.2) is 19.3 Å². The minimum Gasteiger partial charge on any atom is -0.356 e. The number of aromatic nitrogens is 1. The number of hydrogen-bond acceptors (Lipinski definition) is 3. The number of hydrogen-bond donors (Lipinski definition) is 3. The lowest BCUT2D eigenvalue weighted by atomic mass is 10.3. The summed E-state index contributed by atoms with van der Waals surface area (Å²) in [6.45, 7) is 0. The fourth-order valence-corrected chi connectivity index (χ4v) is 2.36. The summed E-state index contributed by atoms with van der Waals surface area (Å²) in [4.78, 5) is 14.4. The summed E-state index contributed by atoms with van der Waals surface area (Å²) < 4.78 is 22.7. The van der Waals surface area contributed by atoms with Crippen LogP contribution in [0.4, 0.5) is 5.69 Å².